The Hall–Kier alpha value is -1.24. The third-order valence-corrected chi connectivity index (χ3v) is 7.32. The molecule has 2 N–H and O–H groups in total. The second-order valence-electron chi connectivity index (χ2n) is 10.1. The lowest BCUT2D eigenvalue weighted by molar-refractivity contribution is -0.152. The van der Waals surface area contributed by atoms with Gasteiger partial charge in [-0.15, -0.1) is 0 Å². The van der Waals surface area contributed by atoms with Crippen LogP contribution in [0.4, 0.5) is 0 Å². The maximum absolute atomic E-state index is 12.1. The van der Waals surface area contributed by atoms with Crippen LogP contribution in [0, 0.1) is 0 Å². The van der Waals surface area contributed by atoms with Crippen molar-refractivity contribution in [2.75, 3.05) is 32.9 Å². The Morgan fingerprint density at radius 3 is 2.13 bits per heavy atom. The van der Waals surface area contributed by atoms with E-state index in [1.54, 1.807) is 0 Å². The quantitative estimate of drug-likeness (QED) is 0.0633. The van der Waals surface area contributed by atoms with Crippen molar-refractivity contribution in [1.82, 2.24) is 5.32 Å². The van der Waals surface area contributed by atoms with E-state index in [-0.39, 0.29) is 19.2 Å². The van der Waals surface area contributed by atoms with Crippen LogP contribution in [-0.2, 0) is 25.0 Å². The Labute approximate surface area is 239 Å². The Bertz CT molecular complexity index is 707. The molecule has 0 amide bonds. The Kier molecular flexibility index (Phi) is 23.6. The van der Waals surface area contributed by atoms with E-state index >= 15 is 0 Å². The first-order valence-corrected chi connectivity index (χ1v) is 16.6. The molecule has 0 heterocycles. The molecule has 0 aliphatic carbocycles. The summed E-state index contributed by atoms with van der Waals surface area (Å²) in [5.74, 6) is 0.514. The zero-order chi connectivity index (χ0) is 28.4. The first-order chi connectivity index (χ1) is 19.1. The van der Waals surface area contributed by atoms with Gasteiger partial charge in [0.25, 0.3) is 0 Å². The van der Waals surface area contributed by atoms with Crippen LogP contribution in [0.3, 0.4) is 0 Å². The molecule has 7 nitrogen and oxygen atoms in total. The van der Waals surface area contributed by atoms with Gasteiger partial charge >= 0.3 is 14.6 Å². The van der Waals surface area contributed by atoms with Crippen molar-refractivity contribution in [3.05, 3.63) is 29.8 Å². The van der Waals surface area contributed by atoms with Crippen molar-refractivity contribution < 1.29 is 28.2 Å². The van der Waals surface area contributed by atoms with E-state index < -0.39 is 14.7 Å². The standard InChI is InChI=1S/C31H56NO6P/c1-4-7-8-9-10-11-12-13-14-15-16-17-21-28-22-18-19-23-30(28)35-26-29(38-31(33)20-5-2)27-37-39(34)36-25-24-32-6-3/h18-19,22-23,29,32,34H,4-17,20-21,24-27H2,1-3H3. The monoisotopic (exact) mass is 569 g/mol. The number of hydrogen-bond donors (Lipinski definition) is 2. The third kappa shape index (κ3) is 20.3. The number of carbonyl (C=O) groups is 1. The van der Waals surface area contributed by atoms with E-state index in [1.165, 1.54) is 76.2 Å². The summed E-state index contributed by atoms with van der Waals surface area (Å²) in [5.41, 5.74) is 1.17. The largest absolute Gasteiger partial charge is 0.489 e. The maximum atomic E-state index is 12.1. The molecule has 226 valence electrons. The number of unbranched alkanes of at least 4 members (excludes halogenated alkanes) is 11. The summed E-state index contributed by atoms with van der Waals surface area (Å²) in [5, 5.41) is 3.12. The molecular formula is C31H56NO6P. The fourth-order valence-corrected chi connectivity index (χ4v) is 4.93. The first-order valence-electron chi connectivity index (χ1n) is 15.5. The van der Waals surface area contributed by atoms with Crippen LogP contribution in [0.25, 0.3) is 0 Å². The van der Waals surface area contributed by atoms with Crippen molar-refractivity contribution in [1.29, 1.82) is 0 Å². The second-order valence-corrected chi connectivity index (χ2v) is 11.1. The van der Waals surface area contributed by atoms with E-state index in [2.05, 4.69) is 18.3 Å². The van der Waals surface area contributed by atoms with E-state index in [0.717, 1.165) is 25.1 Å². The molecule has 0 aromatic heterocycles. The molecule has 1 aromatic rings. The van der Waals surface area contributed by atoms with Gasteiger partial charge < -0.3 is 28.7 Å². The molecule has 39 heavy (non-hydrogen) atoms. The van der Waals surface area contributed by atoms with Crippen molar-refractivity contribution in [2.45, 2.75) is 123 Å². The number of benzene rings is 1. The SMILES string of the molecule is CCCCCCCCCCCCCCc1ccccc1OCC(COP(O)OCCNCC)OC(=O)CCC. The molecule has 0 radical (unpaired) electrons. The van der Waals surface area contributed by atoms with Crippen LogP contribution in [0.15, 0.2) is 24.3 Å². The number of hydrogen-bond acceptors (Lipinski definition) is 7. The summed E-state index contributed by atoms with van der Waals surface area (Å²) in [7, 11) is -2.04. The van der Waals surface area contributed by atoms with Crippen LogP contribution in [0.2, 0.25) is 0 Å². The van der Waals surface area contributed by atoms with E-state index in [0.29, 0.717) is 26.0 Å². The maximum Gasteiger partial charge on any atom is 0.330 e. The van der Waals surface area contributed by atoms with Gasteiger partial charge in [-0.3, -0.25) is 4.79 Å². The summed E-state index contributed by atoms with van der Waals surface area (Å²) in [6.45, 7) is 8.19. The number of likely N-dealkylation sites (N-methyl/N-ethyl adjacent to an activating group) is 1. The summed E-state index contributed by atoms with van der Waals surface area (Å²) in [4.78, 5) is 22.1. The number of para-hydroxylation sites is 1. The molecule has 0 aliphatic heterocycles. The molecule has 0 aliphatic rings. The number of carbonyl (C=O) groups excluding carboxylic acids is 1. The van der Waals surface area contributed by atoms with Crippen LogP contribution < -0.4 is 10.1 Å². The normalized spacial score (nSPS) is 12.8. The number of ether oxygens (including phenoxy) is 2. The minimum absolute atomic E-state index is 0.0137. The summed E-state index contributed by atoms with van der Waals surface area (Å²) in [6.07, 6.45) is 17.3. The van der Waals surface area contributed by atoms with E-state index in [4.69, 9.17) is 18.5 Å². The van der Waals surface area contributed by atoms with E-state index in [9.17, 15) is 9.69 Å². The second kappa shape index (κ2) is 25.7. The van der Waals surface area contributed by atoms with Crippen molar-refractivity contribution >= 4 is 14.6 Å². The van der Waals surface area contributed by atoms with Crippen molar-refractivity contribution in [3.8, 4) is 5.75 Å². The molecule has 0 saturated heterocycles. The average molecular weight is 570 g/mol. The lowest BCUT2D eigenvalue weighted by atomic mass is 10.0. The topological polar surface area (TPSA) is 86.2 Å². The fraction of sp³-hybridized carbons (Fsp3) is 0.774. The number of nitrogens with one attached hydrogen (secondary N) is 1. The Morgan fingerprint density at radius 2 is 1.49 bits per heavy atom. The molecule has 0 saturated carbocycles. The fourth-order valence-electron chi connectivity index (χ4n) is 4.31. The highest BCUT2D eigenvalue weighted by molar-refractivity contribution is 7.40. The number of rotatable bonds is 27. The predicted molar refractivity (Wildman–Crippen MR) is 161 cm³/mol. The van der Waals surface area contributed by atoms with Gasteiger partial charge in [-0.1, -0.05) is 110 Å². The molecule has 2 unspecified atom stereocenters. The van der Waals surface area contributed by atoms with Gasteiger partial charge in [0.05, 0.1) is 13.2 Å². The Balaban J connectivity index is 2.38. The highest BCUT2D eigenvalue weighted by Gasteiger charge is 2.19. The highest BCUT2D eigenvalue weighted by Crippen LogP contribution is 2.32. The molecule has 0 fully saturated rings. The van der Waals surface area contributed by atoms with Gasteiger partial charge in [-0.2, -0.15) is 0 Å². The number of aryl methyl sites for hydroxylation is 1. The summed E-state index contributed by atoms with van der Waals surface area (Å²) in [6, 6.07) is 8.06. The first kappa shape index (κ1) is 35.8. The van der Waals surface area contributed by atoms with Crippen molar-refractivity contribution in [3.63, 3.8) is 0 Å². The van der Waals surface area contributed by atoms with Crippen LogP contribution >= 0.6 is 8.60 Å². The smallest absolute Gasteiger partial charge is 0.330 e. The van der Waals surface area contributed by atoms with Gasteiger partial charge in [0, 0.05) is 13.0 Å². The molecule has 8 heteroatoms. The minimum Gasteiger partial charge on any atom is -0.489 e. The summed E-state index contributed by atoms with van der Waals surface area (Å²) < 4.78 is 22.4. The average Bonchev–Trinajstić information content (AvgIpc) is 2.94. The van der Waals surface area contributed by atoms with Crippen molar-refractivity contribution in [2.24, 2.45) is 0 Å². The lowest BCUT2D eigenvalue weighted by Gasteiger charge is -2.21. The molecule has 0 bridgehead atoms. The van der Waals surface area contributed by atoms with Gasteiger partial charge in [0.15, 0.2) is 6.10 Å². The number of esters is 1. The van der Waals surface area contributed by atoms with Crippen LogP contribution in [0.5, 0.6) is 5.75 Å². The molecule has 2 atom stereocenters. The minimum atomic E-state index is -2.04. The lowest BCUT2D eigenvalue weighted by Crippen LogP contribution is -2.29. The molecule has 0 spiro atoms. The van der Waals surface area contributed by atoms with Gasteiger partial charge in [-0.05, 0) is 37.4 Å². The zero-order valence-electron chi connectivity index (χ0n) is 25.0. The molecule has 1 aromatic carbocycles. The zero-order valence-corrected chi connectivity index (χ0v) is 25.9. The third-order valence-electron chi connectivity index (χ3n) is 6.55. The molecular weight excluding hydrogens is 513 g/mol. The van der Waals surface area contributed by atoms with Crippen LogP contribution in [0.1, 0.15) is 116 Å². The predicted octanol–water partition coefficient (Wildman–Crippen LogP) is 7.88. The van der Waals surface area contributed by atoms with Gasteiger partial charge in [0.1, 0.15) is 12.4 Å². The van der Waals surface area contributed by atoms with Gasteiger partial charge in [-0.25, -0.2) is 0 Å². The van der Waals surface area contributed by atoms with Crippen LogP contribution in [-0.4, -0.2) is 49.9 Å². The Morgan fingerprint density at radius 1 is 0.846 bits per heavy atom. The van der Waals surface area contributed by atoms with E-state index in [1.807, 2.05) is 32.0 Å². The highest BCUT2D eigenvalue weighted by atomic mass is 31.2. The van der Waals surface area contributed by atoms with Gasteiger partial charge in [0.2, 0.25) is 0 Å². The summed E-state index contributed by atoms with van der Waals surface area (Å²) >= 11 is 0. The molecule has 1 rings (SSSR count).